The number of aliphatic carboxylic acids is 1. The van der Waals surface area contributed by atoms with Crippen LogP contribution in [0, 0.1) is 5.92 Å². The summed E-state index contributed by atoms with van der Waals surface area (Å²) in [6.07, 6.45) is 3.37. The van der Waals surface area contributed by atoms with E-state index >= 15 is 0 Å². The first-order valence-corrected chi connectivity index (χ1v) is 9.89. The van der Waals surface area contributed by atoms with Crippen LogP contribution in [-0.4, -0.2) is 17.1 Å². The second-order valence-corrected chi connectivity index (χ2v) is 7.53. The Morgan fingerprint density at radius 2 is 1.64 bits per heavy atom. The van der Waals surface area contributed by atoms with Crippen LogP contribution < -0.4 is 10.1 Å². The summed E-state index contributed by atoms with van der Waals surface area (Å²) in [6, 6.07) is 22.9. The van der Waals surface area contributed by atoms with Crippen molar-refractivity contribution in [3.05, 3.63) is 72.3 Å². The van der Waals surface area contributed by atoms with Crippen LogP contribution in [0.25, 0.3) is 10.8 Å². The molecule has 0 radical (unpaired) electrons. The molecule has 4 heteroatoms. The molecule has 0 aromatic heterocycles. The molecule has 0 bridgehead atoms. The summed E-state index contributed by atoms with van der Waals surface area (Å²) < 4.78 is 6.07. The van der Waals surface area contributed by atoms with Crippen molar-refractivity contribution in [2.45, 2.75) is 38.3 Å². The van der Waals surface area contributed by atoms with E-state index in [0.29, 0.717) is 6.04 Å². The molecule has 2 N–H and O–H groups in total. The summed E-state index contributed by atoms with van der Waals surface area (Å²) in [5.41, 5.74) is 1.17. The predicted octanol–water partition coefficient (Wildman–Crippen LogP) is 5.37. The van der Waals surface area contributed by atoms with E-state index in [-0.39, 0.29) is 5.92 Å². The highest BCUT2D eigenvalue weighted by atomic mass is 16.5. The second kappa shape index (κ2) is 8.44. The zero-order valence-electron chi connectivity index (χ0n) is 15.8. The maximum Gasteiger partial charge on any atom is 0.306 e. The number of carboxylic acid groups (broad SMARTS) is 1. The lowest BCUT2D eigenvalue weighted by atomic mass is 9.86. The van der Waals surface area contributed by atoms with Crippen LogP contribution in [0.2, 0.25) is 0 Å². The fourth-order valence-corrected chi connectivity index (χ4v) is 3.89. The zero-order valence-corrected chi connectivity index (χ0v) is 15.8. The molecule has 3 aromatic rings. The highest BCUT2D eigenvalue weighted by Gasteiger charge is 2.25. The lowest BCUT2D eigenvalue weighted by Gasteiger charge is -2.27. The van der Waals surface area contributed by atoms with E-state index in [1.54, 1.807) is 0 Å². The monoisotopic (exact) mass is 375 g/mol. The second-order valence-electron chi connectivity index (χ2n) is 7.53. The lowest BCUT2D eigenvalue weighted by molar-refractivity contribution is -0.142. The molecule has 4 rings (SSSR count). The van der Waals surface area contributed by atoms with Crippen molar-refractivity contribution in [3.63, 3.8) is 0 Å². The van der Waals surface area contributed by atoms with E-state index in [4.69, 9.17) is 9.84 Å². The molecule has 0 spiro atoms. The molecule has 0 saturated heterocycles. The van der Waals surface area contributed by atoms with Gasteiger partial charge in [0, 0.05) is 12.6 Å². The fraction of sp³-hybridized carbons (Fsp3) is 0.292. The number of ether oxygens (including phenoxy) is 1. The molecule has 144 valence electrons. The molecular weight excluding hydrogens is 350 g/mol. The van der Waals surface area contributed by atoms with Crippen molar-refractivity contribution in [2.24, 2.45) is 5.92 Å². The number of hydrogen-bond acceptors (Lipinski definition) is 3. The van der Waals surface area contributed by atoms with E-state index in [9.17, 15) is 4.79 Å². The van der Waals surface area contributed by atoms with Crippen molar-refractivity contribution >= 4 is 16.7 Å². The first kappa shape index (κ1) is 18.5. The number of hydrogen-bond donors (Lipinski definition) is 2. The maximum atomic E-state index is 11.1. The van der Waals surface area contributed by atoms with Crippen LogP contribution in [0.1, 0.15) is 31.2 Å². The molecule has 3 aromatic carbocycles. The largest absolute Gasteiger partial charge is 0.481 e. The summed E-state index contributed by atoms with van der Waals surface area (Å²) in [6.45, 7) is 0.761. The van der Waals surface area contributed by atoms with E-state index in [1.165, 1.54) is 10.9 Å². The molecule has 1 aliphatic rings. The smallest absolute Gasteiger partial charge is 0.306 e. The normalized spacial score (nSPS) is 19.4. The summed E-state index contributed by atoms with van der Waals surface area (Å²) >= 11 is 0. The number of fused-ring (bicyclic) bond motifs is 1. The molecule has 1 aliphatic carbocycles. The van der Waals surface area contributed by atoms with Crippen molar-refractivity contribution in [3.8, 4) is 11.5 Å². The number of rotatable bonds is 6. The highest BCUT2D eigenvalue weighted by molar-refractivity contribution is 5.83. The van der Waals surface area contributed by atoms with Gasteiger partial charge in [0.1, 0.15) is 11.5 Å². The van der Waals surface area contributed by atoms with Gasteiger partial charge in [-0.3, -0.25) is 4.79 Å². The van der Waals surface area contributed by atoms with Gasteiger partial charge in [0.15, 0.2) is 0 Å². The number of nitrogens with one attached hydrogen (secondary N) is 1. The third kappa shape index (κ3) is 4.52. The Labute approximate surface area is 165 Å². The van der Waals surface area contributed by atoms with Gasteiger partial charge in [-0.1, -0.05) is 42.5 Å². The summed E-state index contributed by atoms with van der Waals surface area (Å²) in [5.74, 6) is 0.827. The van der Waals surface area contributed by atoms with Crippen molar-refractivity contribution in [1.29, 1.82) is 0 Å². The van der Waals surface area contributed by atoms with Crippen LogP contribution in [0.5, 0.6) is 11.5 Å². The average Bonchev–Trinajstić information content (AvgIpc) is 2.73. The van der Waals surface area contributed by atoms with E-state index < -0.39 is 5.97 Å². The van der Waals surface area contributed by atoms with Crippen LogP contribution in [0.15, 0.2) is 66.7 Å². The number of carbonyl (C=O) groups is 1. The van der Waals surface area contributed by atoms with E-state index in [1.807, 2.05) is 30.3 Å². The molecule has 1 fully saturated rings. The predicted molar refractivity (Wildman–Crippen MR) is 111 cm³/mol. The van der Waals surface area contributed by atoms with Crippen LogP contribution in [0.4, 0.5) is 0 Å². The SMILES string of the molecule is O=C(O)C1CCC(NCc2cccc(Oc3ccc4ccccc4c3)c2)CC1. The fourth-order valence-electron chi connectivity index (χ4n) is 3.89. The van der Waals surface area contributed by atoms with Gasteiger partial charge >= 0.3 is 5.97 Å². The Bertz CT molecular complexity index is 961. The topological polar surface area (TPSA) is 58.6 Å². The molecular formula is C24H25NO3. The van der Waals surface area contributed by atoms with Gasteiger partial charge in [0.05, 0.1) is 5.92 Å². The molecule has 0 atom stereocenters. The molecule has 0 heterocycles. The summed E-state index contributed by atoms with van der Waals surface area (Å²) in [7, 11) is 0. The highest BCUT2D eigenvalue weighted by Crippen LogP contribution is 2.27. The van der Waals surface area contributed by atoms with Gasteiger partial charge in [-0.2, -0.15) is 0 Å². The van der Waals surface area contributed by atoms with E-state index in [2.05, 4.69) is 41.7 Å². The lowest BCUT2D eigenvalue weighted by Crippen LogP contribution is -2.34. The van der Waals surface area contributed by atoms with Crippen molar-refractivity contribution in [2.75, 3.05) is 0 Å². The Balaban J connectivity index is 1.35. The van der Waals surface area contributed by atoms with Gasteiger partial charge < -0.3 is 15.2 Å². The minimum Gasteiger partial charge on any atom is -0.481 e. The first-order chi connectivity index (χ1) is 13.7. The Morgan fingerprint density at radius 3 is 2.43 bits per heavy atom. The van der Waals surface area contributed by atoms with Gasteiger partial charge in [-0.05, 0) is 66.3 Å². The Hall–Kier alpha value is -2.85. The van der Waals surface area contributed by atoms with E-state index in [0.717, 1.165) is 49.1 Å². The third-order valence-electron chi connectivity index (χ3n) is 5.53. The minimum absolute atomic E-state index is 0.170. The van der Waals surface area contributed by atoms with Gasteiger partial charge in [-0.15, -0.1) is 0 Å². The summed E-state index contributed by atoms with van der Waals surface area (Å²) in [5, 5.41) is 15.0. The Kier molecular flexibility index (Phi) is 5.58. The Morgan fingerprint density at radius 1 is 0.893 bits per heavy atom. The standard InChI is InChI=1S/C24H25NO3/c26-24(27)19-8-11-21(12-9-19)25-16-17-4-3-7-22(14-17)28-23-13-10-18-5-1-2-6-20(18)15-23/h1-7,10,13-15,19,21,25H,8-9,11-12,16H2,(H,26,27). The van der Waals surface area contributed by atoms with Crippen LogP contribution >= 0.6 is 0 Å². The van der Waals surface area contributed by atoms with Crippen LogP contribution in [-0.2, 0) is 11.3 Å². The first-order valence-electron chi connectivity index (χ1n) is 9.89. The molecule has 4 nitrogen and oxygen atoms in total. The zero-order chi connectivity index (χ0) is 19.3. The quantitative estimate of drug-likeness (QED) is 0.608. The van der Waals surface area contributed by atoms with Crippen molar-refractivity contribution in [1.82, 2.24) is 5.32 Å². The third-order valence-corrected chi connectivity index (χ3v) is 5.53. The molecule has 1 saturated carbocycles. The summed E-state index contributed by atoms with van der Waals surface area (Å²) in [4.78, 5) is 11.1. The molecule has 0 unspecified atom stereocenters. The minimum atomic E-state index is -0.656. The number of benzene rings is 3. The van der Waals surface area contributed by atoms with Gasteiger partial charge in [0.2, 0.25) is 0 Å². The average molecular weight is 375 g/mol. The van der Waals surface area contributed by atoms with Gasteiger partial charge in [0.25, 0.3) is 0 Å². The molecule has 0 amide bonds. The van der Waals surface area contributed by atoms with Crippen LogP contribution in [0.3, 0.4) is 0 Å². The molecule has 0 aliphatic heterocycles. The molecule has 28 heavy (non-hydrogen) atoms. The number of carboxylic acids is 1. The van der Waals surface area contributed by atoms with Crippen molar-refractivity contribution < 1.29 is 14.6 Å². The maximum absolute atomic E-state index is 11.1. The van der Waals surface area contributed by atoms with Gasteiger partial charge in [-0.25, -0.2) is 0 Å².